The normalized spacial score (nSPS) is 15.3. The molecule has 1 N–H and O–H groups in total. The molecule has 0 spiro atoms. The van der Waals surface area contributed by atoms with E-state index in [-0.39, 0.29) is 28.3 Å². The number of methoxy groups -OCH3 is 1. The lowest BCUT2D eigenvalue weighted by atomic mass is 9.97. The second-order valence-electron chi connectivity index (χ2n) is 7.28. The van der Waals surface area contributed by atoms with Crippen molar-refractivity contribution in [2.24, 2.45) is 0 Å². The Balaban J connectivity index is 1.85. The molecular formula is C24H15Br2NO5. The molecule has 5 rings (SSSR count). The fourth-order valence-corrected chi connectivity index (χ4v) is 4.84. The fraction of sp³-hybridized carbons (Fsp3) is 0.0833. The maximum atomic E-state index is 13.6. The SMILES string of the molecule is COc1cc(C2c3c(oc4ccc(Br)cc4c3=O)C(=O)N2c2ccccc2)cc(Br)c1O. The van der Waals surface area contributed by atoms with Crippen molar-refractivity contribution in [3.05, 3.63) is 96.7 Å². The van der Waals surface area contributed by atoms with Crippen LogP contribution in [0.1, 0.15) is 27.7 Å². The van der Waals surface area contributed by atoms with E-state index >= 15 is 0 Å². The van der Waals surface area contributed by atoms with Crippen molar-refractivity contribution in [2.45, 2.75) is 6.04 Å². The van der Waals surface area contributed by atoms with Gasteiger partial charge in [0.1, 0.15) is 5.58 Å². The Morgan fingerprint density at radius 2 is 1.78 bits per heavy atom. The molecule has 2 heterocycles. The van der Waals surface area contributed by atoms with Crippen LogP contribution < -0.4 is 15.1 Å². The van der Waals surface area contributed by atoms with Gasteiger partial charge < -0.3 is 14.3 Å². The minimum Gasteiger partial charge on any atom is -0.503 e. The molecular weight excluding hydrogens is 542 g/mol. The summed E-state index contributed by atoms with van der Waals surface area (Å²) in [6.45, 7) is 0. The number of carbonyl (C=O) groups is 1. The molecule has 0 radical (unpaired) electrons. The maximum absolute atomic E-state index is 13.6. The van der Waals surface area contributed by atoms with Crippen LogP contribution in [0.25, 0.3) is 11.0 Å². The lowest BCUT2D eigenvalue weighted by Crippen LogP contribution is -2.29. The molecule has 0 aliphatic carbocycles. The summed E-state index contributed by atoms with van der Waals surface area (Å²) in [5.41, 5.74) is 1.49. The summed E-state index contributed by atoms with van der Waals surface area (Å²) in [4.78, 5) is 28.7. The molecule has 1 atom stereocenters. The Kier molecular flexibility index (Phi) is 5.06. The van der Waals surface area contributed by atoms with Crippen LogP contribution in [0.5, 0.6) is 11.5 Å². The molecule has 0 saturated carbocycles. The number of nitrogens with zero attached hydrogens (tertiary/aromatic N) is 1. The van der Waals surface area contributed by atoms with Gasteiger partial charge in [-0.15, -0.1) is 0 Å². The van der Waals surface area contributed by atoms with Crippen molar-refractivity contribution in [3.63, 3.8) is 0 Å². The molecule has 1 amide bonds. The highest BCUT2D eigenvalue weighted by molar-refractivity contribution is 9.10. The van der Waals surface area contributed by atoms with Crippen molar-refractivity contribution in [2.75, 3.05) is 12.0 Å². The number of fused-ring (bicyclic) bond motifs is 2. The van der Waals surface area contributed by atoms with Crippen LogP contribution in [0.4, 0.5) is 5.69 Å². The van der Waals surface area contributed by atoms with Gasteiger partial charge in [0.15, 0.2) is 16.9 Å². The highest BCUT2D eigenvalue weighted by Gasteiger charge is 2.44. The van der Waals surface area contributed by atoms with Gasteiger partial charge in [0.25, 0.3) is 5.91 Å². The molecule has 1 unspecified atom stereocenters. The summed E-state index contributed by atoms with van der Waals surface area (Å²) < 4.78 is 12.4. The number of amides is 1. The number of rotatable bonds is 3. The molecule has 1 aliphatic rings. The third-order valence-corrected chi connectivity index (χ3v) is 6.55. The molecule has 6 nitrogen and oxygen atoms in total. The first-order valence-corrected chi connectivity index (χ1v) is 11.2. The number of para-hydroxylation sites is 1. The van der Waals surface area contributed by atoms with Gasteiger partial charge in [0, 0.05) is 10.2 Å². The first-order chi connectivity index (χ1) is 15.4. The Bertz CT molecular complexity index is 1450. The fourth-order valence-electron chi connectivity index (χ4n) is 4.02. The van der Waals surface area contributed by atoms with Gasteiger partial charge in [-0.25, -0.2) is 0 Å². The van der Waals surface area contributed by atoms with Gasteiger partial charge in [0.2, 0.25) is 5.76 Å². The molecule has 160 valence electrons. The third kappa shape index (κ3) is 3.13. The summed E-state index contributed by atoms with van der Waals surface area (Å²) in [6, 6.07) is 16.7. The van der Waals surface area contributed by atoms with E-state index in [9.17, 15) is 14.7 Å². The zero-order valence-corrected chi connectivity index (χ0v) is 19.8. The van der Waals surface area contributed by atoms with E-state index in [4.69, 9.17) is 9.15 Å². The van der Waals surface area contributed by atoms with Gasteiger partial charge in [-0.2, -0.15) is 0 Å². The second kappa shape index (κ2) is 7.79. The van der Waals surface area contributed by atoms with E-state index in [0.29, 0.717) is 26.7 Å². The Morgan fingerprint density at radius 3 is 2.50 bits per heavy atom. The van der Waals surface area contributed by atoms with Crippen LogP contribution in [0.2, 0.25) is 0 Å². The highest BCUT2D eigenvalue weighted by atomic mass is 79.9. The zero-order chi connectivity index (χ0) is 22.6. The summed E-state index contributed by atoms with van der Waals surface area (Å²) in [5, 5.41) is 10.7. The van der Waals surface area contributed by atoms with Crippen LogP contribution in [-0.4, -0.2) is 18.1 Å². The summed E-state index contributed by atoms with van der Waals surface area (Å²) >= 11 is 6.74. The van der Waals surface area contributed by atoms with Gasteiger partial charge in [-0.05, 0) is 64.0 Å². The number of ether oxygens (including phenoxy) is 1. The minimum atomic E-state index is -0.773. The quantitative estimate of drug-likeness (QED) is 0.346. The number of aromatic hydroxyl groups is 1. The van der Waals surface area contributed by atoms with Gasteiger partial charge in [-0.1, -0.05) is 34.1 Å². The number of phenols is 1. The van der Waals surface area contributed by atoms with Gasteiger partial charge in [0.05, 0.1) is 28.6 Å². The number of carbonyl (C=O) groups excluding carboxylic acids is 1. The average Bonchev–Trinajstić information content (AvgIpc) is 3.09. The summed E-state index contributed by atoms with van der Waals surface area (Å²) in [6.07, 6.45) is 0. The lowest BCUT2D eigenvalue weighted by molar-refractivity contribution is 0.0971. The molecule has 32 heavy (non-hydrogen) atoms. The van der Waals surface area contributed by atoms with E-state index in [1.54, 1.807) is 42.5 Å². The smallest absolute Gasteiger partial charge is 0.295 e. The van der Waals surface area contributed by atoms with Crippen LogP contribution in [0.3, 0.4) is 0 Å². The van der Waals surface area contributed by atoms with Crippen molar-refractivity contribution in [1.82, 2.24) is 0 Å². The Morgan fingerprint density at radius 1 is 1.03 bits per heavy atom. The molecule has 3 aromatic carbocycles. The highest BCUT2D eigenvalue weighted by Crippen LogP contribution is 2.45. The molecule has 1 aliphatic heterocycles. The summed E-state index contributed by atoms with van der Waals surface area (Å²) in [5.74, 6) is -0.263. The van der Waals surface area contributed by atoms with Crippen molar-refractivity contribution >= 4 is 54.4 Å². The minimum absolute atomic E-state index is 0.00170. The van der Waals surface area contributed by atoms with Crippen LogP contribution in [-0.2, 0) is 0 Å². The third-order valence-electron chi connectivity index (χ3n) is 5.45. The summed E-state index contributed by atoms with van der Waals surface area (Å²) in [7, 11) is 1.44. The second-order valence-corrected chi connectivity index (χ2v) is 9.05. The molecule has 8 heteroatoms. The van der Waals surface area contributed by atoms with Gasteiger partial charge in [-0.3, -0.25) is 14.5 Å². The van der Waals surface area contributed by atoms with Crippen LogP contribution in [0.15, 0.2) is 78.8 Å². The van der Waals surface area contributed by atoms with E-state index in [1.165, 1.54) is 12.0 Å². The zero-order valence-electron chi connectivity index (χ0n) is 16.6. The monoisotopic (exact) mass is 555 g/mol. The predicted molar refractivity (Wildman–Crippen MR) is 128 cm³/mol. The number of anilines is 1. The van der Waals surface area contributed by atoms with E-state index in [2.05, 4.69) is 31.9 Å². The number of phenolic OH excluding ortho intramolecular Hbond substituents is 1. The molecule has 0 bridgehead atoms. The maximum Gasteiger partial charge on any atom is 0.295 e. The van der Waals surface area contributed by atoms with Gasteiger partial charge >= 0.3 is 0 Å². The number of hydrogen-bond donors (Lipinski definition) is 1. The molecule has 0 saturated heterocycles. The van der Waals surface area contributed by atoms with Crippen molar-refractivity contribution in [1.29, 1.82) is 0 Å². The largest absolute Gasteiger partial charge is 0.503 e. The van der Waals surface area contributed by atoms with E-state index in [0.717, 1.165) is 4.47 Å². The van der Waals surface area contributed by atoms with Crippen LogP contribution in [0, 0.1) is 0 Å². The Hall–Kier alpha value is -3.10. The molecule has 4 aromatic rings. The van der Waals surface area contributed by atoms with Crippen LogP contribution >= 0.6 is 31.9 Å². The van der Waals surface area contributed by atoms with E-state index in [1.807, 2.05) is 18.2 Å². The topological polar surface area (TPSA) is 80.0 Å². The first kappa shape index (κ1) is 20.8. The lowest BCUT2D eigenvalue weighted by Gasteiger charge is -2.26. The number of benzene rings is 3. The molecule has 1 aromatic heterocycles. The Labute approximate surface area is 199 Å². The van der Waals surface area contributed by atoms with E-state index < -0.39 is 11.9 Å². The number of halogens is 2. The number of hydrogen-bond acceptors (Lipinski definition) is 5. The standard InChI is InChI=1S/C24H15Br2NO5/c1-31-18-10-12(9-16(26)22(18)29)20-19-21(28)15-11-13(25)7-8-17(15)32-23(19)24(30)27(20)14-5-3-2-4-6-14/h2-11,20,29H,1H3. The van der Waals surface area contributed by atoms with Crippen molar-refractivity contribution < 1.29 is 19.1 Å². The molecule has 0 fully saturated rings. The predicted octanol–water partition coefficient (Wildman–Crippen LogP) is 5.78. The first-order valence-electron chi connectivity index (χ1n) is 9.62. The van der Waals surface area contributed by atoms with Crippen molar-refractivity contribution in [3.8, 4) is 11.5 Å². The average molecular weight is 557 g/mol.